The number of phenols is 1. The third-order valence-electron chi connectivity index (χ3n) is 5.20. The number of nitrogens with one attached hydrogen (secondary N) is 2. The van der Waals surface area contributed by atoms with Gasteiger partial charge in [-0.15, -0.1) is 0 Å². The van der Waals surface area contributed by atoms with Crippen molar-refractivity contribution in [2.24, 2.45) is 0 Å². The largest absolute Gasteiger partial charge is 0.508 e. The van der Waals surface area contributed by atoms with E-state index in [0.717, 1.165) is 25.5 Å². The molecule has 1 atom stereocenters. The summed E-state index contributed by atoms with van der Waals surface area (Å²) in [6, 6.07) is 20.1. The van der Waals surface area contributed by atoms with Gasteiger partial charge in [0.1, 0.15) is 5.75 Å². The molecule has 3 N–H and O–H groups in total. The molecule has 2 heterocycles. The molecule has 0 radical (unpaired) electrons. The lowest BCUT2D eigenvalue weighted by molar-refractivity contribution is 0.475. The van der Waals surface area contributed by atoms with Crippen LogP contribution in [0.15, 0.2) is 82.0 Å². The minimum Gasteiger partial charge on any atom is -0.508 e. The van der Waals surface area contributed by atoms with Crippen LogP contribution >= 0.6 is 31.9 Å². The molecule has 0 fully saturated rings. The molecule has 0 aliphatic heterocycles. The molecule has 3 nitrogen and oxygen atoms in total. The fraction of sp³-hybridized carbons (Fsp3) is 0.0435. The molecule has 0 saturated carbocycles. The highest BCUT2D eigenvalue weighted by Crippen LogP contribution is 2.40. The fourth-order valence-electron chi connectivity index (χ4n) is 3.91. The Balaban J connectivity index is 1.79. The molecular formula is C23H16Br2N2O. The van der Waals surface area contributed by atoms with Crippen molar-refractivity contribution in [3.63, 3.8) is 0 Å². The molecule has 0 spiro atoms. The molecule has 5 heteroatoms. The number of aromatic hydroxyl groups is 1. The van der Waals surface area contributed by atoms with Gasteiger partial charge in [-0.25, -0.2) is 0 Å². The van der Waals surface area contributed by atoms with Crippen LogP contribution in [0, 0.1) is 0 Å². The summed E-state index contributed by atoms with van der Waals surface area (Å²) in [5.41, 5.74) is 5.72. The lowest BCUT2D eigenvalue weighted by atomic mass is 9.85. The van der Waals surface area contributed by atoms with E-state index >= 15 is 0 Å². The molecule has 0 aliphatic carbocycles. The molecule has 3 aromatic carbocycles. The third kappa shape index (κ3) is 2.95. The number of benzene rings is 3. The Bertz CT molecular complexity index is 1300. The van der Waals surface area contributed by atoms with E-state index in [1.165, 1.54) is 21.9 Å². The molecule has 0 saturated heterocycles. The smallest absolute Gasteiger partial charge is 0.115 e. The maximum absolute atomic E-state index is 9.79. The Labute approximate surface area is 178 Å². The number of hydrogen-bond donors (Lipinski definition) is 3. The number of hydrogen-bond acceptors (Lipinski definition) is 1. The number of H-pyrrole nitrogens is 2. The van der Waals surface area contributed by atoms with E-state index in [-0.39, 0.29) is 11.7 Å². The van der Waals surface area contributed by atoms with Crippen LogP contribution < -0.4 is 0 Å². The lowest BCUT2D eigenvalue weighted by Gasteiger charge is -2.17. The summed E-state index contributed by atoms with van der Waals surface area (Å²) in [7, 11) is 0. The number of phenolic OH excluding ortho intramolecular Hbond substituents is 1. The van der Waals surface area contributed by atoms with Gasteiger partial charge in [-0.2, -0.15) is 0 Å². The Kier molecular flexibility index (Phi) is 4.29. The Morgan fingerprint density at radius 1 is 0.679 bits per heavy atom. The second-order valence-electron chi connectivity index (χ2n) is 6.89. The minimum atomic E-state index is 0.0265. The Morgan fingerprint density at radius 3 is 2.11 bits per heavy atom. The van der Waals surface area contributed by atoms with E-state index in [4.69, 9.17) is 0 Å². The summed E-state index contributed by atoms with van der Waals surface area (Å²) in [5.74, 6) is 0.297. The van der Waals surface area contributed by atoms with Gasteiger partial charge in [-0.05, 0) is 59.2 Å². The van der Waals surface area contributed by atoms with E-state index in [9.17, 15) is 5.11 Å². The molecule has 2 aromatic heterocycles. The highest BCUT2D eigenvalue weighted by molar-refractivity contribution is 9.10. The average Bonchev–Trinajstić information content (AvgIpc) is 3.28. The molecule has 0 bridgehead atoms. The van der Waals surface area contributed by atoms with Gasteiger partial charge in [0.15, 0.2) is 0 Å². The molecule has 0 aliphatic rings. The zero-order valence-corrected chi connectivity index (χ0v) is 17.9. The van der Waals surface area contributed by atoms with Gasteiger partial charge >= 0.3 is 0 Å². The second kappa shape index (κ2) is 6.83. The van der Waals surface area contributed by atoms with Crippen molar-refractivity contribution in [3.8, 4) is 5.75 Å². The second-order valence-corrected chi connectivity index (χ2v) is 8.72. The molecular weight excluding hydrogens is 480 g/mol. The highest BCUT2D eigenvalue weighted by atomic mass is 79.9. The SMILES string of the molecule is Oc1ccc(C(c2c[nH]c3cc(Br)ccc23)c2c[nH]c3ccc(Br)cc23)cc1. The van der Waals surface area contributed by atoms with E-state index in [1.54, 1.807) is 12.1 Å². The summed E-state index contributed by atoms with van der Waals surface area (Å²) < 4.78 is 2.10. The summed E-state index contributed by atoms with van der Waals surface area (Å²) in [4.78, 5) is 6.82. The average molecular weight is 496 g/mol. The molecule has 28 heavy (non-hydrogen) atoms. The van der Waals surface area contributed by atoms with Crippen LogP contribution in [0.3, 0.4) is 0 Å². The van der Waals surface area contributed by atoms with Gasteiger partial charge < -0.3 is 15.1 Å². The van der Waals surface area contributed by atoms with Crippen LogP contribution in [0.1, 0.15) is 22.6 Å². The quantitative estimate of drug-likeness (QED) is 0.246. The van der Waals surface area contributed by atoms with Gasteiger partial charge in [-0.3, -0.25) is 0 Å². The van der Waals surface area contributed by atoms with Crippen LogP contribution in [0.5, 0.6) is 5.75 Å². The molecule has 5 aromatic rings. The van der Waals surface area contributed by atoms with Crippen molar-refractivity contribution in [2.45, 2.75) is 5.92 Å². The van der Waals surface area contributed by atoms with E-state index < -0.39 is 0 Å². The molecule has 1 unspecified atom stereocenters. The lowest BCUT2D eigenvalue weighted by Crippen LogP contribution is -2.02. The Hall–Kier alpha value is -2.50. The number of aromatic nitrogens is 2. The van der Waals surface area contributed by atoms with Gasteiger partial charge in [0, 0.05) is 49.1 Å². The number of aromatic amines is 2. The van der Waals surface area contributed by atoms with E-state index in [1.807, 2.05) is 18.2 Å². The van der Waals surface area contributed by atoms with Gasteiger partial charge in [-0.1, -0.05) is 50.1 Å². The first-order valence-electron chi connectivity index (χ1n) is 8.92. The monoisotopic (exact) mass is 494 g/mol. The van der Waals surface area contributed by atoms with E-state index in [2.05, 4.69) is 84.6 Å². The van der Waals surface area contributed by atoms with Crippen LogP contribution in [0.2, 0.25) is 0 Å². The van der Waals surface area contributed by atoms with Crippen molar-refractivity contribution in [3.05, 3.63) is 98.7 Å². The zero-order valence-electron chi connectivity index (χ0n) is 14.7. The summed E-state index contributed by atoms with van der Waals surface area (Å²) in [6.07, 6.45) is 4.18. The molecule has 0 amide bonds. The minimum absolute atomic E-state index is 0.0265. The summed E-state index contributed by atoms with van der Waals surface area (Å²) in [6.45, 7) is 0. The normalized spacial score (nSPS) is 12.6. The first-order chi connectivity index (χ1) is 13.6. The van der Waals surface area contributed by atoms with Crippen LogP contribution in [0.25, 0.3) is 21.8 Å². The summed E-state index contributed by atoms with van der Waals surface area (Å²) >= 11 is 7.16. The predicted molar refractivity (Wildman–Crippen MR) is 121 cm³/mol. The van der Waals surface area contributed by atoms with Gasteiger partial charge in [0.05, 0.1) is 0 Å². The van der Waals surface area contributed by atoms with Crippen molar-refractivity contribution >= 4 is 53.7 Å². The summed E-state index contributed by atoms with van der Waals surface area (Å²) in [5, 5.41) is 12.2. The Morgan fingerprint density at radius 2 is 1.32 bits per heavy atom. The number of halogens is 2. The maximum Gasteiger partial charge on any atom is 0.115 e. The van der Waals surface area contributed by atoms with Crippen LogP contribution in [-0.2, 0) is 0 Å². The zero-order chi connectivity index (χ0) is 19.3. The fourth-order valence-corrected chi connectivity index (χ4v) is 4.63. The predicted octanol–water partition coefficient (Wildman–Crippen LogP) is 7.06. The third-order valence-corrected chi connectivity index (χ3v) is 6.19. The van der Waals surface area contributed by atoms with E-state index in [0.29, 0.717) is 0 Å². The van der Waals surface area contributed by atoms with Gasteiger partial charge in [0.25, 0.3) is 0 Å². The van der Waals surface area contributed by atoms with Gasteiger partial charge in [0.2, 0.25) is 0 Å². The van der Waals surface area contributed by atoms with Crippen LogP contribution in [0.4, 0.5) is 0 Å². The number of rotatable bonds is 3. The highest BCUT2D eigenvalue weighted by Gasteiger charge is 2.23. The van der Waals surface area contributed by atoms with Crippen molar-refractivity contribution in [1.82, 2.24) is 9.97 Å². The molecule has 138 valence electrons. The topological polar surface area (TPSA) is 51.8 Å². The van der Waals surface area contributed by atoms with Crippen LogP contribution in [-0.4, -0.2) is 15.1 Å². The first-order valence-corrected chi connectivity index (χ1v) is 10.5. The van der Waals surface area contributed by atoms with Crippen molar-refractivity contribution in [2.75, 3.05) is 0 Å². The molecule has 5 rings (SSSR count). The number of fused-ring (bicyclic) bond motifs is 2. The first kappa shape index (κ1) is 17.6. The standard InChI is InChI=1S/C23H16Br2N2O/c24-14-4-8-21-18(9-14)20(12-26-21)23(13-1-5-16(28)6-2-13)19-11-27-22-10-15(25)3-7-17(19)22/h1-12,23,26-28H. The van der Waals surface area contributed by atoms with Crippen molar-refractivity contribution < 1.29 is 5.11 Å². The van der Waals surface area contributed by atoms with Crippen molar-refractivity contribution in [1.29, 1.82) is 0 Å². The maximum atomic E-state index is 9.79.